The van der Waals surface area contributed by atoms with Crippen LogP contribution >= 0.6 is 0 Å². The first kappa shape index (κ1) is 16.0. The Labute approximate surface area is 126 Å². The van der Waals surface area contributed by atoms with Crippen molar-refractivity contribution in [3.8, 4) is 11.8 Å². The minimum Gasteiger partial charge on any atom is -0.373 e. The van der Waals surface area contributed by atoms with Crippen LogP contribution < -0.4 is 5.73 Å². The quantitative estimate of drug-likeness (QED) is 0.863. The van der Waals surface area contributed by atoms with Crippen LogP contribution in [0.5, 0.6) is 0 Å². The van der Waals surface area contributed by atoms with Gasteiger partial charge in [0, 0.05) is 11.1 Å². The molecule has 0 heterocycles. The van der Waals surface area contributed by atoms with Gasteiger partial charge in [-0.1, -0.05) is 31.8 Å². The Morgan fingerprint density at radius 1 is 1.33 bits per heavy atom. The summed E-state index contributed by atoms with van der Waals surface area (Å²) in [6.07, 6.45) is 4.74. The maximum atomic E-state index is 14.0. The van der Waals surface area contributed by atoms with Gasteiger partial charge in [-0.05, 0) is 43.2 Å². The SMILES string of the molecule is CC1(C)CCC(OCc2ccc(C#CCN)cc2F)CC1. The monoisotopic (exact) mass is 289 g/mol. The summed E-state index contributed by atoms with van der Waals surface area (Å²) in [4.78, 5) is 0. The first-order chi connectivity index (χ1) is 10.00. The lowest BCUT2D eigenvalue weighted by Gasteiger charge is -2.34. The zero-order chi connectivity index (χ0) is 15.3. The van der Waals surface area contributed by atoms with Crippen LogP contribution in [-0.4, -0.2) is 12.6 Å². The predicted molar refractivity (Wildman–Crippen MR) is 83.2 cm³/mol. The third kappa shape index (κ3) is 4.84. The summed E-state index contributed by atoms with van der Waals surface area (Å²) in [6, 6.07) is 5.02. The Hall–Kier alpha value is -1.37. The van der Waals surface area contributed by atoms with E-state index in [9.17, 15) is 4.39 Å². The van der Waals surface area contributed by atoms with E-state index in [1.807, 2.05) is 6.07 Å². The van der Waals surface area contributed by atoms with Gasteiger partial charge in [-0.2, -0.15) is 0 Å². The molecule has 0 spiro atoms. The minimum absolute atomic E-state index is 0.255. The summed E-state index contributed by atoms with van der Waals surface area (Å²) in [5, 5.41) is 0. The van der Waals surface area contributed by atoms with Crippen molar-refractivity contribution in [1.82, 2.24) is 0 Å². The van der Waals surface area contributed by atoms with Gasteiger partial charge >= 0.3 is 0 Å². The van der Waals surface area contributed by atoms with E-state index in [2.05, 4.69) is 25.7 Å². The normalized spacial score (nSPS) is 18.1. The number of hydrogen-bond acceptors (Lipinski definition) is 2. The van der Waals surface area contributed by atoms with Crippen molar-refractivity contribution in [2.45, 2.75) is 52.2 Å². The number of ether oxygens (including phenoxy) is 1. The van der Waals surface area contributed by atoms with Crippen molar-refractivity contribution in [2.24, 2.45) is 11.1 Å². The first-order valence-electron chi connectivity index (χ1n) is 7.59. The largest absolute Gasteiger partial charge is 0.373 e. The molecule has 0 bridgehead atoms. The molecule has 0 aliphatic heterocycles. The Morgan fingerprint density at radius 2 is 2.05 bits per heavy atom. The molecule has 21 heavy (non-hydrogen) atoms. The summed E-state index contributed by atoms with van der Waals surface area (Å²) >= 11 is 0. The third-order valence-electron chi connectivity index (χ3n) is 4.15. The standard InChI is InChI=1S/C18H24FNO/c1-18(2)9-7-16(8-10-18)21-13-15-6-5-14(4-3-11-20)12-17(15)19/h5-6,12,16H,7-11,13,20H2,1-2H3. The van der Waals surface area contributed by atoms with Crippen LogP contribution in [0.2, 0.25) is 0 Å². The molecule has 0 amide bonds. The van der Waals surface area contributed by atoms with Crippen LogP contribution in [0.1, 0.15) is 50.7 Å². The molecular formula is C18H24FNO. The Bertz CT molecular complexity index is 532. The molecule has 0 atom stereocenters. The fourth-order valence-electron chi connectivity index (χ4n) is 2.64. The fourth-order valence-corrected chi connectivity index (χ4v) is 2.64. The lowest BCUT2D eigenvalue weighted by atomic mass is 9.76. The summed E-state index contributed by atoms with van der Waals surface area (Å²) in [6.45, 7) is 5.21. The van der Waals surface area contributed by atoms with E-state index >= 15 is 0 Å². The Kier molecular flexibility index (Phi) is 5.39. The average Bonchev–Trinajstić information content (AvgIpc) is 2.45. The van der Waals surface area contributed by atoms with Crippen molar-refractivity contribution in [1.29, 1.82) is 0 Å². The predicted octanol–water partition coefficient (Wildman–Crippen LogP) is 3.62. The van der Waals surface area contributed by atoms with Gasteiger partial charge in [0.2, 0.25) is 0 Å². The van der Waals surface area contributed by atoms with Crippen molar-refractivity contribution < 1.29 is 9.13 Å². The average molecular weight is 289 g/mol. The van der Waals surface area contributed by atoms with Gasteiger partial charge in [-0.3, -0.25) is 0 Å². The smallest absolute Gasteiger partial charge is 0.129 e. The van der Waals surface area contributed by atoms with E-state index in [1.54, 1.807) is 6.07 Å². The molecular weight excluding hydrogens is 265 g/mol. The maximum absolute atomic E-state index is 14.0. The van der Waals surface area contributed by atoms with E-state index in [0.29, 0.717) is 23.1 Å². The molecule has 1 fully saturated rings. The molecule has 2 N–H and O–H groups in total. The van der Waals surface area contributed by atoms with Crippen molar-refractivity contribution in [3.63, 3.8) is 0 Å². The molecule has 114 valence electrons. The minimum atomic E-state index is -0.255. The summed E-state index contributed by atoms with van der Waals surface area (Å²) in [5.41, 5.74) is 6.98. The lowest BCUT2D eigenvalue weighted by Crippen LogP contribution is -2.26. The van der Waals surface area contributed by atoms with E-state index < -0.39 is 0 Å². The van der Waals surface area contributed by atoms with Crippen molar-refractivity contribution >= 4 is 0 Å². The van der Waals surface area contributed by atoms with Gasteiger partial charge in [0.15, 0.2) is 0 Å². The second kappa shape index (κ2) is 7.06. The molecule has 1 saturated carbocycles. The van der Waals surface area contributed by atoms with Crippen LogP contribution in [0.15, 0.2) is 18.2 Å². The van der Waals surface area contributed by atoms with Gasteiger partial charge in [-0.15, -0.1) is 0 Å². The first-order valence-corrected chi connectivity index (χ1v) is 7.59. The second-order valence-electron chi connectivity index (χ2n) is 6.49. The molecule has 0 saturated heterocycles. The molecule has 1 aromatic carbocycles. The molecule has 0 aromatic heterocycles. The van der Waals surface area contributed by atoms with Crippen LogP contribution in [0, 0.1) is 23.1 Å². The van der Waals surface area contributed by atoms with E-state index in [4.69, 9.17) is 10.5 Å². The highest BCUT2D eigenvalue weighted by molar-refractivity contribution is 5.37. The summed E-state index contributed by atoms with van der Waals surface area (Å²) in [7, 11) is 0. The van der Waals surface area contributed by atoms with E-state index in [-0.39, 0.29) is 18.5 Å². The van der Waals surface area contributed by atoms with Crippen LogP contribution in [0.3, 0.4) is 0 Å². The molecule has 1 aliphatic rings. The second-order valence-corrected chi connectivity index (χ2v) is 6.49. The van der Waals surface area contributed by atoms with Crippen molar-refractivity contribution in [3.05, 3.63) is 35.1 Å². The van der Waals surface area contributed by atoms with E-state index in [0.717, 1.165) is 12.8 Å². The molecule has 2 rings (SSSR count). The van der Waals surface area contributed by atoms with Crippen LogP contribution in [-0.2, 0) is 11.3 Å². The summed E-state index contributed by atoms with van der Waals surface area (Å²) < 4.78 is 19.8. The molecule has 0 radical (unpaired) electrons. The zero-order valence-corrected chi connectivity index (χ0v) is 12.9. The molecule has 3 heteroatoms. The molecule has 2 nitrogen and oxygen atoms in total. The lowest BCUT2D eigenvalue weighted by molar-refractivity contribution is -0.00659. The fraction of sp³-hybridized carbons (Fsp3) is 0.556. The number of halogens is 1. The summed E-state index contributed by atoms with van der Waals surface area (Å²) in [5.74, 6) is 5.30. The van der Waals surface area contributed by atoms with Gasteiger partial charge in [0.25, 0.3) is 0 Å². The highest BCUT2D eigenvalue weighted by Crippen LogP contribution is 2.36. The molecule has 0 unspecified atom stereocenters. The number of nitrogens with two attached hydrogens (primary N) is 1. The van der Waals surface area contributed by atoms with Gasteiger partial charge < -0.3 is 10.5 Å². The number of rotatable bonds is 3. The topological polar surface area (TPSA) is 35.2 Å². The number of hydrogen-bond donors (Lipinski definition) is 1. The highest BCUT2D eigenvalue weighted by Gasteiger charge is 2.27. The van der Waals surface area contributed by atoms with E-state index in [1.165, 1.54) is 18.9 Å². The number of benzene rings is 1. The molecule has 1 aliphatic carbocycles. The van der Waals surface area contributed by atoms with Crippen LogP contribution in [0.4, 0.5) is 4.39 Å². The van der Waals surface area contributed by atoms with Gasteiger partial charge in [-0.25, -0.2) is 4.39 Å². The Morgan fingerprint density at radius 3 is 2.67 bits per heavy atom. The van der Waals surface area contributed by atoms with Crippen LogP contribution in [0.25, 0.3) is 0 Å². The third-order valence-corrected chi connectivity index (χ3v) is 4.15. The highest BCUT2D eigenvalue weighted by atomic mass is 19.1. The maximum Gasteiger partial charge on any atom is 0.129 e. The zero-order valence-electron chi connectivity index (χ0n) is 12.9. The molecule has 1 aromatic rings. The van der Waals surface area contributed by atoms with Gasteiger partial charge in [0.05, 0.1) is 19.3 Å². The van der Waals surface area contributed by atoms with Crippen molar-refractivity contribution in [2.75, 3.05) is 6.54 Å². The Balaban J connectivity index is 1.89. The van der Waals surface area contributed by atoms with Gasteiger partial charge in [0.1, 0.15) is 5.82 Å².